The van der Waals surface area contributed by atoms with E-state index in [0.717, 1.165) is 12.1 Å². The van der Waals surface area contributed by atoms with Crippen molar-refractivity contribution < 1.29 is 0 Å². The number of hydrogen-bond acceptors (Lipinski definition) is 2. The summed E-state index contributed by atoms with van der Waals surface area (Å²) in [7, 11) is 0. The summed E-state index contributed by atoms with van der Waals surface area (Å²) in [5, 5.41) is 0. The molecule has 0 bridgehead atoms. The quantitative estimate of drug-likeness (QED) is 0.695. The number of benzene rings is 1. The van der Waals surface area contributed by atoms with E-state index in [0.29, 0.717) is 0 Å². The van der Waals surface area contributed by atoms with E-state index >= 15 is 0 Å². The topological polar surface area (TPSA) is 24.7 Å². The average molecular weight is 196 g/mol. The van der Waals surface area contributed by atoms with E-state index in [-0.39, 0.29) is 0 Å². The molecule has 1 aromatic carbocycles. The second-order valence-electron chi connectivity index (χ2n) is 3.25. The molecule has 2 nitrogen and oxygen atoms in total. The summed E-state index contributed by atoms with van der Waals surface area (Å²) in [6, 6.07) is 10.3. The van der Waals surface area contributed by atoms with E-state index in [1.165, 1.54) is 5.56 Å². The van der Waals surface area contributed by atoms with Gasteiger partial charge in [0, 0.05) is 18.3 Å². The fraction of sp³-hybridized carbons (Fsp3) is 0.0769. The van der Waals surface area contributed by atoms with Crippen LogP contribution in [0, 0.1) is 0 Å². The Labute approximate surface area is 89.4 Å². The number of aliphatic imine (C=N–C) groups is 2. The highest BCUT2D eigenvalue weighted by Gasteiger charge is 1.96. The molecule has 0 fully saturated rings. The van der Waals surface area contributed by atoms with Crippen LogP contribution in [0.3, 0.4) is 0 Å². The predicted octanol–water partition coefficient (Wildman–Crippen LogP) is 2.78. The predicted molar refractivity (Wildman–Crippen MR) is 64.4 cm³/mol. The Morgan fingerprint density at radius 1 is 1.00 bits per heavy atom. The van der Waals surface area contributed by atoms with E-state index in [4.69, 9.17) is 0 Å². The molecule has 0 unspecified atom stereocenters. The van der Waals surface area contributed by atoms with Crippen LogP contribution in [0.2, 0.25) is 0 Å². The Hall–Kier alpha value is -1.96. The zero-order valence-electron chi connectivity index (χ0n) is 8.38. The van der Waals surface area contributed by atoms with Gasteiger partial charge < -0.3 is 0 Å². The van der Waals surface area contributed by atoms with Gasteiger partial charge in [-0.1, -0.05) is 36.4 Å². The third-order valence-electron chi connectivity index (χ3n) is 2.09. The van der Waals surface area contributed by atoms with Gasteiger partial charge in [-0.05, 0) is 17.7 Å². The van der Waals surface area contributed by atoms with E-state index in [2.05, 4.69) is 22.1 Å². The summed E-state index contributed by atoms with van der Waals surface area (Å²) in [6.45, 7) is 0. The standard InChI is InChI=1S/C13H12N2/c1-2-6-12(7-3-1)10-13-8-4-5-9-14-11-15-13/h1-9,11H,10H2. The molecule has 0 atom stereocenters. The Bertz CT molecular complexity index is 425. The normalized spacial score (nSPS) is 14.5. The van der Waals surface area contributed by atoms with Gasteiger partial charge in [-0.25, -0.2) is 9.98 Å². The largest absolute Gasteiger partial charge is 0.245 e. The third kappa shape index (κ3) is 3.02. The van der Waals surface area contributed by atoms with Crippen LogP contribution >= 0.6 is 0 Å². The van der Waals surface area contributed by atoms with Crippen LogP contribution < -0.4 is 0 Å². The van der Waals surface area contributed by atoms with Crippen LogP contribution in [-0.2, 0) is 6.42 Å². The summed E-state index contributed by atoms with van der Waals surface area (Å²) in [5.74, 6) is 0. The number of allylic oxidation sites excluding steroid dienone is 3. The van der Waals surface area contributed by atoms with E-state index in [9.17, 15) is 0 Å². The molecule has 0 N–H and O–H groups in total. The maximum absolute atomic E-state index is 4.27. The highest BCUT2D eigenvalue weighted by Crippen LogP contribution is 2.02. The van der Waals surface area contributed by atoms with Gasteiger partial charge in [-0.3, -0.25) is 0 Å². The molecule has 15 heavy (non-hydrogen) atoms. The van der Waals surface area contributed by atoms with Gasteiger partial charge in [0.2, 0.25) is 0 Å². The molecule has 1 aliphatic rings. The molecular formula is C13H12N2. The van der Waals surface area contributed by atoms with Crippen molar-refractivity contribution in [3.8, 4) is 0 Å². The summed E-state index contributed by atoms with van der Waals surface area (Å²) in [5.41, 5.74) is 2.29. The van der Waals surface area contributed by atoms with Gasteiger partial charge in [-0.15, -0.1) is 0 Å². The highest BCUT2D eigenvalue weighted by atomic mass is 14.8. The van der Waals surface area contributed by atoms with Gasteiger partial charge in [0.15, 0.2) is 0 Å². The summed E-state index contributed by atoms with van der Waals surface area (Å²) < 4.78 is 0. The maximum atomic E-state index is 4.27. The second-order valence-corrected chi connectivity index (χ2v) is 3.25. The molecule has 74 valence electrons. The van der Waals surface area contributed by atoms with Crippen molar-refractivity contribution >= 4 is 12.1 Å². The van der Waals surface area contributed by atoms with Crippen molar-refractivity contribution in [3.63, 3.8) is 0 Å². The van der Waals surface area contributed by atoms with Crippen LogP contribution in [0.5, 0.6) is 0 Å². The number of rotatable bonds is 2. The summed E-state index contributed by atoms with van der Waals surface area (Å²) in [6.07, 6.45) is 10.0. The molecule has 1 aliphatic heterocycles. The maximum Gasteiger partial charge on any atom is 0.115 e. The van der Waals surface area contributed by atoms with Crippen molar-refractivity contribution in [3.05, 3.63) is 60.3 Å². The van der Waals surface area contributed by atoms with Crippen molar-refractivity contribution in [2.24, 2.45) is 9.98 Å². The fourth-order valence-electron chi connectivity index (χ4n) is 1.36. The summed E-state index contributed by atoms with van der Waals surface area (Å²) in [4.78, 5) is 8.24. The minimum Gasteiger partial charge on any atom is -0.245 e. The Balaban J connectivity index is 2.12. The molecule has 2 rings (SSSR count). The van der Waals surface area contributed by atoms with Crippen molar-refractivity contribution in [2.45, 2.75) is 6.42 Å². The SMILES string of the molecule is C1=CN=CN=C(Cc2ccccc2)C=C1. The molecule has 0 amide bonds. The van der Waals surface area contributed by atoms with Crippen molar-refractivity contribution in [2.75, 3.05) is 0 Å². The van der Waals surface area contributed by atoms with Gasteiger partial charge >= 0.3 is 0 Å². The van der Waals surface area contributed by atoms with E-state index < -0.39 is 0 Å². The van der Waals surface area contributed by atoms with Crippen LogP contribution in [0.4, 0.5) is 0 Å². The number of nitrogens with zero attached hydrogens (tertiary/aromatic N) is 2. The molecule has 2 heteroatoms. The van der Waals surface area contributed by atoms with Crippen LogP contribution in [-0.4, -0.2) is 12.1 Å². The van der Waals surface area contributed by atoms with Crippen LogP contribution in [0.25, 0.3) is 0 Å². The van der Waals surface area contributed by atoms with E-state index in [1.807, 2.05) is 36.4 Å². The first kappa shape index (κ1) is 9.59. The Kier molecular flexibility index (Phi) is 3.23. The zero-order chi connectivity index (χ0) is 10.3. The highest BCUT2D eigenvalue weighted by molar-refractivity contribution is 6.00. The monoisotopic (exact) mass is 196 g/mol. The first-order chi connectivity index (χ1) is 7.45. The molecular weight excluding hydrogens is 184 g/mol. The first-order valence-electron chi connectivity index (χ1n) is 4.90. The molecule has 0 radical (unpaired) electrons. The molecule has 0 saturated carbocycles. The lowest BCUT2D eigenvalue weighted by molar-refractivity contribution is 1.32. The van der Waals surface area contributed by atoms with Crippen LogP contribution in [0.1, 0.15) is 5.56 Å². The molecule has 0 saturated heterocycles. The zero-order valence-corrected chi connectivity index (χ0v) is 8.38. The smallest absolute Gasteiger partial charge is 0.115 e. The second kappa shape index (κ2) is 5.05. The van der Waals surface area contributed by atoms with Gasteiger partial charge in [0.1, 0.15) is 6.34 Å². The first-order valence-corrected chi connectivity index (χ1v) is 4.90. The lowest BCUT2D eigenvalue weighted by atomic mass is 10.1. The summed E-state index contributed by atoms with van der Waals surface area (Å²) >= 11 is 0. The molecule has 0 aromatic heterocycles. The Morgan fingerprint density at radius 2 is 1.87 bits per heavy atom. The Morgan fingerprint density at radius 3 is 2.73 bits per heavy atom. The molecule has 1 heterocycles. The van der Waals surface area contributed by atoms with Crippen molar-refractivity contribution in [1.82, 2.24) is 0 Å². The minimum atomic E-state index is 0.844. The van der Waals surface area contributed by atoms with Gasteiger partial charge in [0.05, 0.1) is 0 Å². The third-order valence-corrected chi connectivity index (χ3v) is 2.09. The fourth-order valence-corrected chi connectivity index (χ4v) is 1.36. The lowest BCUT2D eigenvalue weighted by Gasteiger charge is -2.00. The molecule has 0 spiro atoms. The van der Waals surface area contributed by atoms with Crippen molar-refractivity contribution in [1.29, 1.82) is 0 Å². The van der Waals surface area contributed by atoms with E-state index in [1.54, 1.807) is 12.5 Å². The van der Waals surface area contributed by atoms with Gasteiger partial charge in [-0.2, -0.15) is 0 Å². The van der Waals surface area contributed by atoms with Gasteiger partial charge in [0.25, 0.3) is 0 Å². The molecule has 1 aromatic rings. The lowest BCUT2D eigenvalue weighted by Crippen LogP contribution is -2.00. The average Bonchev–Trinajstić information content (AvgIpc) is 2.23. The number of hydrogen-bond donors (Lipinski definition) is 0. The molecule has 0 aliphatic carbocycles. The minimum absolute atomic E-state index is 0.844. The van der Waals surface area contributed by atoms with Crippen LogP contribution in [0.15, 0.2) is 64.7 Å².